The van der Waals surface area contributed by atoms with Gasteiger partial charge in [-0.25, -0.2) is 0 Å². The lowest BCUT2D eigenvalue weighted by Crippen LogP contribution is -2.52. The molecule has 1 heterocycles. The van der Waals surface area contributed by atoms with Crippen molar-refractivity contribution in [1.82, 2.24) is 15.1 Å². The molecular weight excluding hydrogens is 242 g/mol. The van der Waals surface area contributed by atoms with Crippen LogP contribution in [0.3, 0.4) is 0 Å². The maximum atomic E-state index is 11.4. The monoisotopic (exact) mass is 271 g/mol. The Labute approximate surface area is 117 Å². The number of carbonyl (C=O) groups is 1. The van der Waals surface area contributed by atoms with E-state index in [-0.39, 0.29) is 0 Å². The molecule has 0 aromatic rings. The summed E-state index contributed by atoms with van der Waals surface area (Å²) < 4.78 is 0. The van der Waals surface area contributed by atoms with Gasteiger partial charge in [-0.2, -0.15) is 0 Å². The minimum Gasteiger partial charge on any atom is -0.480 e. The first-order chi connectivity index (χ1) is 8.89. The van der Waals surface area contributed by atoms with Gasteiger partial charge in [0.15, 0.2) is 0 Å². The quantitative estimate of drug-likeness (QED) is 0.719. The van der Waals surface area contributed by atoms with Crippen LogP contribution in [0.25, 0.3) is 0 Å². The van der Waals surface area contributed by atoms with Crippen molar-refractivity contribution in [3.8, 4) is 0 Å². The average Bonchev–Trinajstić information content (AvgIpc) is 2.36. The van der Waals surface area contributed by atoms with E-state index in [1.165, 1.54) is 19.4 Å². The second-order valence-corrected chi connectivity index (χ2v) is 5.96. The SMILES string of the molecule is CCNC(C)(CCN(C)C1CCCN(C)C1)C(=O)O. The molecule has 0 aromatic heterocycles. The highest BCUT2D eigenvalue weighted by atomic mass is 16.4. The van der Waals surface area contributed by atoms with E-state index >= 15 is 0 Å². The normalized spacial score (nSPS) is 24.4. The number of carboxylic acid groups (broad SMARTS) is 1. The number of nitrogens with zero attached hydrogens (tertiary/aromatic N) is 2. The fraction of sp³-hybridized carbons (Fsp3) is 0.929. The first kappa shape index (κ1) is 16.4. The van der Waals surface area contributed by atoms with Gasteiger partial charge in [0.25, 0.3) is 0 Å². The molecule has 0 amide bonds. The lowest BCUT2D eigenvalue weighted by Gasteiger charge is -2.37. The van der Waals surface area contributed by atoms with E-state index in [4.69, 9.17) is 0 Å². The number of rotatable bonds is 7. The summed E-state index contributed by atoms with van der Waals surface area (Å²) in [5.41, 5.74) is -0.816. The molecule has 1 fully saturated rings. The molecule has 0 bridgehead atoms. The molecule has 1 aliphatic heterocycles. The number of carboxylic acids is 1. The molecule has 112 valence electrons. The molecule has 19 heavy (non-hydrogen) atoms. The average molecular weight is 271 g/mol. The predicted molar refractivity (Wildman–Crippen MR) is 77.5 cm³/mol. The lowest BCUT2D eigenvalue weighted by molar-refractivity contribution is -0.144. The summed E-state index contributed by atoms with van der Waals surface area (Å²) >= 11 is 0. The predicted octanol–water partition coefficient (Wildman–Crippen LogP) is 0.855. The Morgan fingerprint density at radius 3 is 2.79 bits per heavy atom. The van der Waals surface area contributed by atoms with Crippen LogP contribution in [0.4, 0.5) is 0 Å². The Morgan fingerprint density at radius 1 is 1.58 bits per heavy atom. The Bertz CT molecular complexity index is 298. The van der Waals surface area contributed by atoms with Crippen LogP contribution in [-0.2, 0) is 4.79 Å². The van der Waals surface area contributed by atoms with Crippen molar-refractivity contribution < 1.29 is 9.90 Å². The Kier molecular flexibility index (Phi) is 6.23. The summed E-state index contributed by atoms with van der Waals surface area (Å²) in [4.78, 5) is 16.0. The molecular formula is C14H29N3O2. The fourth-order valence-electron chi connectivity index (χ4n) is 2.74. The third kappa shape index (κ3) is 4.75. The summed E-state index contributed by atoms with van der Waals surface area (Å²) in [5, 5.41) is 12.4. The van der Waals surface area contributed by atoms with E-state index in [1.54, 1.807) is 6.92 Å². The van der Waals surface area contributed by atoms with Gasteiger partial charge in [-0.05, 0) is 53.4 Å². The van der Waals surface area contributed by atoms with Crippen LogP contribution >= 0.6 is 0 Å². The number of hydrogen-bond acceptors (Lipinski definition) is 4. The zero-order chi connectivity index (χ0) is 14.5. The van der Waals surface area contributed by atoms with Gasteiger partial charge in [-0.1, -0.05) is 6.92 Å². The molecule has 2 N–H and O–H groups in total. The van der Waals surface area contributed by atoms with Gasteiger partial charge in [-0.15, -0.1) is 0 Å². The van der Waals surface area contributed by atoms with Gasteiger partial charge in [0.05, 0.1) is 0 Å². The molecule has 0 saturated carbocycles. The molecule has 2 unspecified atom stereocenters. The third-order valence-corrected chi connectivity index (χ3v) is 4.23. The Balaban J connectivity index is 2.47. The molecule has 1 saturated heterocycles. The van der Waals surface area contributed by atoms with Gasteiger partial charge < -0.3 is 20.2 Å². The Hall–Kier alpha value is -0.650. The molecule has 0 radical (unpaired) electrons. The molecule has 0 spiro atoms. The molecule has 0 aliphatic carbocycles. The van der Waals surface area contributed by atoms with Gasteiger partial charge in [0, 0.05) is 19.1 Å². The van der Waals surface area contributed by atoms with Crippen LogP contribution in [-0.4, -0.2) is 72.7 Å². The van der Waals surface area contributed by atoms with E-state index in [0.717, 1.165) is 13.1 Å². The number of likely N-dealkylation sites (tertiary alicyclic amines) is 1. The van der Waals surface area contributed by atoms with Gasteiger partial charge in [0.1, 0.15) is 5.54 Å². The largest absolute Gasteiger partial charge is 0.480 e. The maximum Gasteiger partial charge on any atom is 0.323 e. The number of likely N-dealkylation sites (N-methyl/N-ethyl adjacent to an activating group) is 3. The van der Waals surface area contributed by atoms with Crippen molar-refractivity contribution in [2.45, 2.75) is 44.7 Å². The molecule has 0 aromatic carbocycles. The highest BCUT2D eigenvalue weighted by Gasteiger charge is 2.32. The molecule has 2 atom stereocenters. The topological polar surface area (TPSA) is 55.8 Å². The first-order valence-electron chi connectivity index (χ1n) is 7.26. The first-order valence-corrected chi connectivity index (χ1v) is 7.26. The second kappa shape index (κ2) is 7.22. The van der Waals surface area contributed by atoms with E-state index in [0.29, 0.717) is 19.0 Å². The highest BCUT2D eigenvalue weighted by Crippen LogP contribution is 2.16. The van der Waals surface area contributed by atoms with Crippen LogP contribution in [0.15, 0.2) is 0 Å². The van der Waals surface area contributed by atoms with Crippen molar-refractivity contribution in [2.75, 3.05) is 40.3 Å². The van der Waals surface area contributed by atoms with Crippen molar-refractivity contribution in [3.63, 3.8) is 0 Å². The van der Waals surface area contributed by atoms with E-state index in [9.17, 15) is 9.90 Å². The zero-order valence-corrected chi connectivity index (χ0v) is 12.8. The van der Waals surface area contributed by atoms with Crippen molar-refractivity contribution >= 4 is 5.97 Å². The second-order valence-electron chi connectivity index (χ2n) is 5.96. The maximum absolute atomic E-state index is 11.4. The Morgan fingerprint density at radius 2 is 2.26 bits per heavy atom. The van der Waals surface area contributed by atoms with Crippen LogP contribution in [0, 0.1) is 0 Å². The van der Waals surface area contributed by atoms with Crippen molar-refractivity contribution in [1.29, 1.82) is 0 Å². The van der Waals surface area contributed by atoms with E-state index in [1.807, 2.05) is 6.92 Å². The number of hydrogen-bond donors (Lipinski definition) is 2. The lowest BCUT2D eigenvalue weighted by atomic mass is 9.96. The fourth-order valence-corrected chi connectivity index (χ4v) is 2.74. The van der Waals surface area contributed by atoms with Crippen LogP contribution < -0.4 is 5.32 Å². The summed E-state index contributed by atoms with van der Waals surface area (Å²) in [6.07, 6.45) is 3.08. The summed E-state index contributed by atoms with van der Waals surface area (Å²) in [5.74, 6) is -0.761. The summed E-state index contributed by atoms with van der Waals surface area (Å²) in [6, 6.07) is 0.554. The van der Waals surface area contributed by atoms with Crippen LogP contribution in [0.1, 0.15) is 33.1 Å². The minimum atomic E-state index is -0.816. The van der Waals surface area contributed by atoms with Gasteiger partial charge in [-0.3, -0.25) is 4.79 Å². The summed E-state index contributed by atoms with van der Waals surface area (Å²) in [6.45, 7) is 7.48. The van der Waals surface area contributed by atoms with E-state index < -0.39 is 11.5 Å². The number of nitrogens with one attached hydrogen (secondary N) is 1. The molecule has 1 rings (SSSR count). The number of piperidine rings is 1. The number of aliphatic carboxylic acids is 1. The van der Waals surface area contributed by atoms with Crippen LogP contribution in [0.5, 0.6) is 0 Å². The minimum absolute atomic E-state index is 0.554. The van der Waals surface area contributed by atoms with Crippen molar-refractivity contribution in [2.24, 2.45) is 0 Å². The zero-order valence-electron chi connectivity index (χ0n) is 12.8. The van der Waals surface area contributed by atoms with Crippen molar-refractivity contribution in [3.05, 3.63) is 0 Å². The van der Waals surface area contributed by atoms with E-state index in [2.05, 4.69) is 29.2 Å². The standard InChI is InChI=1S/C14H29N3O2/c1-5-15-14(2,13(18)19)8-10-17(4)12-7-6-9-16(3)11-12/h12,15H,5-11H2,1-4H3,(H,18,19). The smallest absolute Gasteiger partial charge is 0.323 e. The summed E-state index contributed by atoms with van der Waals surface area (Å²) in [7, 11) is 4.26. The molecule has 1 aliphatic rings. The highest BCUT2D eigenvalue weighted by molar-refractivity contribution is 5.78. The molecule has 5 heteroatoms. The molecule has 5 nitrogen and oxygen atoms in total. The third-order valence-electron chi connectivity index (χ3n) is 4.23. The van der Waals surface area contributed by atoms with Gasteiger partial charge in [0.2, 0.25) is 0 Å². The van der Waals surface area contributed by atoms with Crippen LogP contribution in [0.2, 0.25) is 0 Å². The van der Waals surface area contributed by atoms with Gasteiger partial charge >= 0.3 is 5.97 Å².